The zero-order valence-electron chi connectivity index (χ0n) is 14.4. The van der Waals surface area contributed by atoms with Gasteiger partial charge >= 0.3 is 0 Å². The van der Waals surface area contributed by atoms with Crippen LogP contribution in [0.1, 0.15) is 59.3 Å². The van der Waals surface area contributed by atoms with Gasteiger partial charge in [0.1, 0.15) is 0 Å². The molecule has 1 N–H and O–H groups in total. The zero-order valence-corrected chi connectivity index (χ0v) is 14.4. The molecule has 0 radical (unpaired) electrons. The van der Waals surface area contributed by atoms with E-state index < -0.39 is 0 Å². The molecule has 2 rings (SSSR count). The Kier molecular flexibility index (Phi) is 7.48. The van der Waals surface area contributed by atoms with Crippen molar-refractivity contribution in [3.05, 3.63) is 0 Å². The van der Waals surface area contributed by atoms with E-state index in [0.717, 1.165) is 44.2 Å². The fraction of sp³-hybridized carbons (Fsp3) is 1.00. The first-order chi connectivity index (χ1) is 10.2. The van der Waals surface area contributed by atoms with Crippen molar-refractivity contribution in [2.75, 3.05) is 32.8 Å². The molecule has 1 aliphatic heterocycles. The summed E-state index contributed by atoms with van der Waals surface area (Å²) in [5.74, 6) is 1.66. The molecular weight excluding hydrogens is 260 g/mol. The van der Waals surface area contributed by atoms with Crippen molar-refractivity contribution in [2.24, 2.45) is 11.8 Å². The number of piperazine rings is 1. The van der Waals surface area contributed by atoms with E-state index in [1.807, 2.05) is 0 Å². The van der Waals surface area contributed by atoms with Gasteiger partial charge in [-0.15, -0.1) is 0 Å². The average molecular weight is 296 g/mol. The highest BCUT2D eigenvalue weighted by molar-refractivity contribution is 4.89. The number of ether oxygens (including phenoxy) is 1. The maximum absolute atomic E-state index is 5.81. The van der Waals surface area contributed by atoms with Crippen molar-refractivity contribution >= 4 is 0 Å². The third-order valence-corrected chi connectivity index (χ3v) is 5.31. The summed E-state index contributed by atoms with van der Waals surface area (Å²) in [5.41, 5.74) is 0. The maximum atomic E-state index is 5.81. The monoisotopic (exact) mass is 296 g/mol. The summed E-state index contributed by atoms with van der Waals surface area (Å²) in [6, 6.07) is 1.37. The smallest absolute Gasteiger partial charge is 0.0593 e. The molecule has 2 atom stereocenters. The Bertz CT molecular complexity index is 276. The number of nitrogens with one attached hydrogen (secondary N) is 1. The lowest BCUT2D eigenvalue weighted by Crippen LogP contribution is -2.58. The predicted octanol–water partition coefficient (Wildman–Crippen LogP) is 3.29. The molecule has 0 bridgehead atoms. The van der Waals surface area contributed by atoms with Gasteiger partial charge in [-0.25, -0.2) is 0 Å². The molecule has 2 aliphatic rings. The summed E-state index contributed by atoms with van der Waals surface area (Å²) in [5, 5.41) is 3.80. The predicted molar refractivity (Wildman–Crippen MR) is 89.7 cm³/mol. The minimum Gasteiger partial charge on any atom is -0.380 e. The van der Waals surface area contributed by atoms with Gasteiger partial charge in [0, 0.05) is 38.3 Å². The minimum atomic E-state index is 0.651. The Balaban J connectivity index is 1.68. The van der Waals surface area contributed by atoms with E-state index in [0.29, 0.717) is 6.04 Å². The lowest BCUT2D eigenvalue weighted by Gasteiger charge is -2.42. The first kappa shape index (κ1) is 17.2. The van der Waals surface area contributed by atoms with E-state index in [9.17, 15) is 0 Å². The van der Waals surface area contributed by atoms with E-state index in [1.54, 1.807) is 0 Å². The Hall–Kier alpha value is -0.120. The fourth-order valence-electron chi connectivity index (χ4n) is 3.72. The summed E-state index contributed by atoms with van der Waals surface area (Å²) in [4.78, 5) is 2.64. The van der Waals surface area contributed by atoms with Gasteiger partial charge in [0.05, 0.1) is 6.61 Å². The third kappa shape index (κ3) is 5.88. The molecule has 1 aliphatic carbocycles. The quantitative estimate of drug-likeness (QED) is 0.730. The van der Waals surface area contributed by atoms with Gasteiger partial charge in [0.2, 0.25) is 0 Å². The van der Waals surface area contributed by atoms with Crippen LogP contribution >= 0.6 is 0 Å². The SMILES string of the molecule is CC(C)CCOCCN1CC(C2CCCCC2)NCC1C. The van der Waals surface area contributed by atoms with Crippen molar-refractivity contribution in [3.63, 3.8) is 0 Å². The van der Waals surface area contributed by atoms with Crippen molar-refractivity contribution < 1.29 is 4.74 Å². The van der Waals surface area contributed by atoms with Crippen molar-refractivity contribution in [2.45, 2.75) is 71.4 Å². The molecule has 3 heteroatoms. The minimum absolute atomic E-state index is 0.651. The van der Waals surface area contributed by atoms with Crippen LogP contribution in [0.25, 0.3) is 0 Å². The van der Waals surface area contributed by atoms with Crippen LogP contribution in [0, 0.1) is 11.8 Å². The lowest BCUT2D eigenvalue weighted by atomic mass is 9.82. The normalized spacial score (nSPS) is 29.1. The molecule has 124 valence electrons. The van der Waals surface area contributed by atoms with Gasteiger partial charge < -0.3 is 10.1 Å². The second kappa shape index (κ2) is 9.12. The summed E-state index contributed by atoms with van der Waals surface area (Å²) in [6.07, 6.45) is 8.39. The second-order valence-corrected chi connectivity index (χ2v) is 7.55. The van der Waals surface area contributed by atoms with Crippen molar-refractivity contribution in [3.8, 4) is 0 Å². The largest absolute Gasteiger partial charge is 0.380 e. The van der Waals surface area contributed by atoms with E-state index in [2.05, 4.69) is 31.0 Å². The van der Waals surface area contributed by atoms with Gasteiger partial charge in [-0.3, -0.25) is 4.90 Å². The molecule has 0 spiro atoms. The van der Waals surface area contributed by atoms with Crippen molar-refractivity contribution in [1.82, 2.24) is 10.2 Å². The van der Waals surface area contributed by atoms with Crippen LogP contribution in [0.2, 0.25) is 0 Å². The summed E-state index contributed by atoms with van der Waals surface area (Å²) in [6.45, 7) is 12.2. The fourth-order valence-corrected chi connectivity index (χ4v) is 3.72. The highest BCUT2D eigenvalue weighted by Gasteiger charge is 2.30. The van der Waals surface area contributed by atoms with Crippen LogP contribution in [-0.4, -0.2) is 49.8 Å². The maximum Gasteiger partial charge on any atom is 0.0593 e. The van der Waals surface area contributed by atoms with E-state index in [4.69, 9.17) is 4.74 Å². The molecule has 1 saturated heterocycles. The molecule has 2 fully saturated rings. The summed E-state index contributed by atoms with van der Waals surface area (Å²) in [7, 11) is 0. The standard InChI is InChI=1S/C18H36N2O/c1-15(2)9-11-21-12-10-20-14-18(19-13-16(20)3)17-7-5-4-6-8-17/h15-19H,4-14H2,1-3H3. The average Bonchev–Trinajstić information content (AvgIpc) is 2.49. The Labute approximate surface area is 131 Å². The highest BCUT2D eigenvalue weighted by atomic mass is 16.5. The Morgan fingerprint density at radius 1 is 1.14 bits per heavy atom. The first-order valence-corrected chi connectivity index (χ1v) is 9.22. The van der Waals surface area contributed by atoms with Gasteiger partial charge in [-0.2, -0.15) is 0 Å². The van der Waals surface area contributed by atoms with Gasteiger partial charge in [0.15, 0.2) is 0 Å². The summed E-state index contributed by atoms with van der Waals surface area (Å²) >= 11 is 0. The topological polar surface area (TPSA) is 24.5 Å². The van der Waals surface area contributed by atoms with Gasteiger partial charge in [-0.05, 0) is 38.0 Å². The van der Waals surface area contributed by atoms with Crippen LogP contribution in [-0.2, 0) is 4.74 Å². The number of rotatable bonds is 7. The Morgan fingerprint density at radius 2 is 1.90 bits per heavy atom. The van der Waals surface area contributed by atoms with Crippen LogP contribution < -0.4 is 5.32 Å². The third-order valence-electron chi connectivity index (χ3n) is 5.31. The van der Waals surface area contributed by atoms with E-state index in [-0.39, 0.29) is 0 Å². The number of hydrogen-bond acceptors (Lipinski definition) is 3. The number of nitrogens with zero attached hydrogens (tertiary/aromatic N) is 1. The molecule has 0 amide bonds. The van der Waals surface area contributed by atoms with Gasteiger partial charge in [-0.1, -0.05) is 33.1 Å². The van der Waals surface area contributed by atoms with Crippen LogP contribution in [0.4, 0.5) is 0 Å². The number of hydrogen-bond donors (Lipinski definition) is 1. The first-order valence-electron chi connectivity index (χ1n) is 9.22. The summed E-state index contributed by atoms with van der Waals surface area (Å²) < 4.78 is 5.81. The van der Waals surface area contributed by atoms with Crippen molar-refractivity contribution in [1.29, 1.82) is 0 Å². The zero-order chi connectivity index (χ0) is 15.1. The lowest BCUT2D eigenvalue weighted by molar-refractivity contribution is 0.0541. The van der Waals surface area contributed by atoms with E-state index >= 15 is 0 Å². The molecule has 0 aromatic rings. The van der Waals surface area contributed by atoms with Crippen LogP contribution in [0.15, 0.2) is 0 Å². The molecular formula is C18H36N2O. The van der Waals surface area contributed by atoms with Crippen LogP contribution in [0.5, 0.6) is 0 Å². The molecule has 2 unspecified atom stereocenters. The molecule has 1 heterocycles. The molecule has 3 nitrogen and oxygen atoms in total. The second-order valence-electron chi connectivity index (χ2n) is 7.55. The van der Waals surface area contributed by atoms with E-state index in [1.165, 1.54) is 45.1 Å². The molecule has 21 heavy (non-hydrogen) atoms. The van der Waals surface area contributed by atoms with Gasteiger partial charge in [0.25, 0.3) is 0 Å². The molecule has 0 aromatic carbocycles. The molecule has 0 aromatic heterocycles. The molecule has 1 saturated carbocycles. The highest BCUT2D eigenvalue weighted by Crippen LogP contribution is 2.28. The Morgan fingerprint density at radius 3 is 2.62 bits per heavy atom. The van der Waals surface area contributed by atoms with Crippen LogP contribution in [0.3, 0.4) is 0 Å².